The molecule has 0 fully saturated rings. The fourth-order valence-electron chi connectivity index (χ4n) is 2.38. The zero-order valence-corrected chi connectivity index (χ0v) is 14.8. The molecule has 0 aliphatic heterocycles. The van der Waals surface area contributed by atoms with Crippen LogP contribution >= 0.6 is 23.2 Å². The third-order valence-electron chi connectivity index (χ3n) is 3.61. The summed E-state index contributed by atoms with van der Waals surface area (Å²) in [5.74, 6) is 0.849. The molecular weight excluding hydrogens is 361 g/mol. The summed E-state index contributed by atoms with van der Waals surface area (Å²) in [6.45, 7) is 0.342. The summed E-state index contributed by atoms with van der Waals surface area (Å²) in [6.07, 6.45) is 0. The molecule has 0 saturated heterocycles. The predicted molar refractivity (Wildman–Crippen MR) is 97.8 cm³/mol. The van der Waals surface area contributed by atoms with Crippen LogP contribution in [0, 0.1) is 5.41 Å². The topological polar surface area (TPSA) is 89.8 Å². The molecule has 0 amide bonds. The van der Waals surface area contributed by atoms with E-state index in [4.69, 9.17) is 39.1 Å². The number of nitrogens with one attached hydrogen (secondary N) is 1. The number of ether oxygens (including phenoxy) is 1. The van der Waals surface area contributed by atoms with Gasteiger partial charge in [-0.05, 0) is 23.8 Å². The number of hydrogen-bond donors (Lipinski definition) is 2. The van der Waals surface area contributed by atoms with E-state index in [0.717, 1.165) is 11.3 Å². The summed E-state index contributed by atoms with van der Waals surface area (Å²) >= 11 is 12.3. The largest absolute Gasteiger partial charge is 0.497 e. The summed E-state index contributed by atoms with van der Waals surface area (Å²) in [5.41, 5.74) is 7.76. The number of methoxy groups -OCH3 is 1. The second kappa shape index (κ2) is 7.13. The van der Waals surface area contributed by atoms with E-state index in [1.54, 1.807) is 25.3 Å². The first-order valence-electron chi connectivity index (χ1n) is 7.36. The number of nitrogens with zero attached hydrogens (tertiary/aromatic N) is 3. The molecule has 25 heavy (non-hydrogen) atoms. The molecule has 2 aromatic carbocycles. The third-order valence-corrected chi connectivity index (χ3v) is 4.43. The number of hydrogen-bond acceptors (Lipinski definition) is 5. The Morgan fingerprint density at radius 2 is 1.96 bits per heavy atom. The SMILES string of the molecule is COc1cccc(Cn2nc(-c3cccc(Cl)c3Cl)c(N)nc2=N)c1. The Kier molecular flexibility index (Phi) is 4.92. The van der Waals surface area contributed by atoms with Gasteiger partial charge in [0.25, 0.3) is 0 Å². The van der Waals surface area contributed by atoms with Crippen molar-refractivity contribution in [3.05, 3.63) is 63.7 Å². The van der Waals surface area contributed by atoms with Crippen molar-refractivity contribution in [3.63, 3.8) is 0 Å². The molecule has 3 aromatic rings. The lowest BCUT2D eigenvalue weighted by atomic mass is 10.1. The van der Waals surface area contributed by atoms with Crippen LogP contribution in [0.15, 0.2) is 42.5 Å². The Bertz CT molecular complexity index is 987. The molecule has 3 N–H and O–H groups in total. The van der Waals surface area contributed by atoms with Crippen molar-refractivity contribution in [2.45, 2.75) is 6.54 Å². The van der Waals surface area contributed by atoms with Gasteiger partial charge in [-0.2, -0.15) is 10.1 Å². The smallest absolute Gasteiger partial charge is 0.241 e. The number of benzene rings is 2. The maximum absolute atomic E-state index is 8.03. The lowest BCUT2D eigenvalue weighted by Crippen LogP contribution is -2.28. The molecule has 0 aliphatic rings. The second-order valence-corrected chi connectivity index (χ2v) is 6.06. The minimum atomic E-state index is -0.0535. The Morgan fingerprint density at radius 1 is 1.20 bits per heavy atom. The molecule has 1 aromatic heterocycles. The number of anilines is 1. The van der Waals surface area contributed by atoms with Gasteiger partial charge in [0.2, 0.25) is 5.62 Å². The number of halogens is 2. The molecule has 0 radical (unpaired) electrons. The normalized spacial score (nSPS) is 10.7. The summed E-state index contributed by atoms with van der Waals surface area (Å²) in [6, 6.07) is 12.7. The molecule has 0 bridgehead atoms. The fraction of sp³-hybridized carbons (Fsp3) is 0.118. The average molecular weight is 376 g/mol. The third kappa shape index (κ3) is 3.60. The lowest BCUT2D eigenvalue weighted by molar-refractivity contribution is 0.414. The Balaban J connectivity index is 2.07. The molecule has 8 heteroatoms. The van der Waals surface area contributed by atoms with Gasteiger partial charge in [0.05, 0.1) is 23.7 Å². The van der Waals surface area contributed by atoms with E-state index in [2.05, 4.69) is 10.1 Å². The van der Waals surface area contributed by atoms with Crippen LogP contribution in [-0.4, -0.2) is 21.9 Å². The van der Waals surface area contributed by atoms with Crippen LogP contribution in [0.1, 0.15) is 5.56 Å². The monoisotopic (exact) mass is 375 g/mol. The molecule has 1 heterocycles. The molecule has 3 rings (SSSR count). The minimum Gasteiger partial charge on any atom is -0.497 e. The molecule has 0 saturated carbocycles. The van der Waals surface area contributed by atoms with E-state index in [1.807, 2.05) is 24.3 Å². The Hall–Kier alpha value is -2.57. The van der Waals surface area contributed by atoms with E-state index in [0.29, 0.717) is 27.8 Å². The van der Waals surface area contributed by atoms with Gasteiger partial charge in [-0.1, -0.05) is 47.5 Å². The van der Waals surface area contributed by atoms with Gasteiger partial charge in [-0.25, -0.2) is 4.68 Å². The van der Waals surface area contributed by atoms with E-state index >= 15 is 0 Å². The first-order valence-corrected chi connectivity index (χ1v) is 8.11. The molecular formula is C17H15Cl2N5O. The fourth-order valence-corrected chi connectivity index (χ4v) is 2.77. The summed E-state index contributed by atoms with van der Waals surface area (Å²) < 4.78 is 6.66. The molecule has 0 atom stereocenters. The number of nitrogens with two attached hydrogens (primary N) is 1. The molecule has 0 unspecified atom stereocenters. The Labute approximate surface area is 154 Å². The van der Waals surface area contributed by atoms with Crippen LogP contribution in [0.2, 0.25) is 10.0 Å². The van der Waals surface area contributed by atoms with Gasteiger partial charge in [0, 0.05) is 5.56 Å². The summed E-state index contributed by atoms with van der Waals surface area (Å²) in [4.78, 5) is 4.07. The number of aromatic nitrogens is 3. The molecule has 0 spiro atoms. The first-order chi connectivity index (χ1) is 12.0. The van der Waals surface area contributed by atoms with Gasteiger partial charge in [-0.15, -0.1) is 0 Å². The van der Waals surface area contributed by atoms with E-state index in [-0.39, 0.29) is 11.4 Å². The van der Waals surface area contributed by atoms with Gasteiger partial charge >= 0.3 is 0 Å². The van der Waals surface area contributed by atoms with E-state index < -0.39 is 0 Å². The van der Waals surface area contributed by atoms with Gasteiger partial charge in [0.1, 0.15) is 11.4 Å². The zero-order chi connectivity index (χ0) is 18.0. The highest BCUT2D eigenvalue weighted by molar-refractivity contribution is 6.43. The highest BCUT2D eigenvalue weighted by Crippen LogP contribution is 2.33. The van der Waals surface area contributed by atoms with Crippen LogP contribution in [0.25, 0.3) is 11.3 Å². The van der Waals surface area contributed by atoms with Crippen LogP contribution in [0.4, 0.5) is 5.82 Å². The van der Waals surface area contributed by atoms with E-state index in [1.165, 1.54) is 4.68 Å². The zero-order valence-electron chi connectivity index (χ0n) is 13.3. The summed E-state index contributed by atoms with van der Waals surface area (Å²) in [5, 5.41) is 13.2. The highest BCUT2D eigenvalue weighted by atomic mass is 35.5. The van der Waals surface area contributed by atoms with Gasteiger partial charge in [0.15, 0.2) is 5.82 Å². The van der Waals surface area contributed by atoms with Crippen LogP contribution in [-0.2, 0) is 6.54 Å². The van der Waals surface area contributed by atoms with Crippen molar-refractivity contribution in [3.8, 4) is 17.0 Å². The van der Waals surface area contributed by atoms with Crippen molar-refractivity contribution < 1.29 is 4.74 Å². The highest BCUT2D eigenvalue weighted by Gasteiger charge is 2.14. The predicted octanol–water partition coefficient (Wildman–Crippen LogP) is 3.37. The van der Waals surface area contributed by atoms with Crippen molar-refractivity contribution in [1.29, 1.82) is 5.41 Å². The average Bonchev–Trinajstić information content (AvgIpc) is 2.60. The molecule has 128 valence electrons. The minimum absolute atomic E-state index is 0.0535. The summed E-state index contributed by atoms with van der Waals surface area (Å²) in [7, 11) is 1.60. The first kappa shape index (κ1) is 17.3. The van der Waals surface area contributed by atoms with E-state index in [9.17, 15) is 0 Å². The van der Waals surface area contributed by atoms with Crippen LogP contribution < -0.4 is 16.1 Å². The van der Waals surface area contributed by atoms with Crippen molar-refractivity contribution >= 4 is 29.0 Å². The lowest BCUT2D eigenvalue weighted by Gasteiger charge is -2.12. The van der Waals surface area contributed by atoms with Crippen molar-refractivity contribution in [1.82, 2.24) is 14.8 Å². The maximum atomic E-state index is 8.03. The maximum Gasteiger partial charge on any atom is 0.241 e. The van der Waals surface area contributed by atoms with Gasteiger partial charge < -0.3 is 10.5 Å². The number of rotatable bonds is 4. The van der Waals surface area contributed by atoms with Crippen LogP contribution in [0.3, 0.4) is 0 Å². The quantitative estimate of drug-likeness (QED) is 0.731. The van der Waals surface area contributed by atoms with Gasteiger partial charge in [-0.3, -0.25) is 5.41 Å². The second-order valence-electron chi connectivity index (χ2n) is 5.28. The Morgan fingerprint density at radius 3 is 2.72 bits per heavy atom. The molecule has 0 aliphatic carbocycles. The van der Waals surface area contributed by atoms with Crippen molar-refractivity contribution in [2.75, 3.05) is 12.8 Å². The standard InChI is InChI=1S/C17H15Cl2N5O/c1-25-11-5-2-4-10(8-11)9-24-17(21)22-16(20)15(23-24)12-6-3-7-13(18)14(12)19/h2-8H,9H2,1H3,(H3,20,21,22). The van der Waals surface area contributed by atoms with Crippen molar-refractivity contribution in [2.24, 2.45) is 0 Å². The molecule has 6 nitrogen and oxygen atoms in total. The van der Waals surface area contributed by atoms with Crippen LogP contribution in [0.5, 0.6) is 5.75 Å². The number of nitrogen functional groups attached to an aromatic ring is 1.